The van der Waals surface area contributed by atoms with Crippen LogP contribution in [0.15, 0.2) is 16.3 Å². The van der Waals surface area contributed by atoms with Crippen LogP contribution in [0.25, 0.3) is 0 Å². The lowest BCUT2D eigenvalue weighted by atomic mass is 10.1. The van der Waals surface area contributed by atoms with Crippen LogP contribution >= 0.6 is 24.0 Å². The average molecular weight is 352 g/mol. The van der Waals surface area contributed by atoms with Gasteiger partial charge in [-0.2, -0.15) is 12.6 Å². The fraction of sp³-hybridized carbons (Fsp3) is 0.615. The Morgan fingerprint density at radius 3 is 2.76 bits per heavy atom. The van der Waals surface area contributed by atoms with Crippen molar-refractivity contribution in [3.05, 3.63) is 16.3 Å². The third kappa shape index (κ3) is 5.98. The van der Waals surface area contributed by atoms with Gasteiger partial charge in [-0.05, 0) is 29.5 Å². The van der Waals surface area contributed by atoms with Gasteiger partial charge in [-0.3, -0.25) is 0 Å². The van der Waals surface area contributed by atoms with Gasteiger partial charge >= 0.3 is 5.97 Å². The molecule has 0 aliphatic carbocycles. The van der Waals surface area contributed by atoms with Crippen LogP contribution in [0.2, 0.25) is 0 Å². The zero-order valence-corrected chi connectivity index (χ0v) is 14.7. The monoisotopic (exact) mass is 351 g/mol. The minimum atomic E-state index is -3.66. The van der Waals surface area contributed by atoms with E-state index in [4.69, 9.17) is 0 Å². The SMILES string of the molecule is COC(=O)c1sccc1S(=O)(=O)NCCCCCC(C)S. The van der Waals surface area contributed by atoms with Crippen molar-refractivity contribution in [1.29, 1.82) is 0 Å². The molecule has 120 valence electrons. The van der Waals surface area contributed by atoms with Crippen molar-refractivity contribution in [2.45, 2.75) is 42.8 Å². The van der Waals surface area contributed by atoms with E-state index in [9.17, 15) is 13.2 Å². The fourth-order valence-corrected chi connectivity index (χ4v) is 4.37. The van der Waals surface area contributed by atoms with E-state index < -0.39 is 16.0 Å². The smallest absolute Gasteiger partial charge is 0.349 e. The number of hydrogen-bond acceptors (Lipinski definition) is 6. The summed E-state index contributed by atoms with van der Waals surface area (Å²) in [6, 6.07) is 1.42. The molecule has 1 rings (SSSR count). The number of methoxy groups -OCH3 is 1. The Hall–Kier alpha value is -0.570. The van der Waals surface area contributed by atoms with Crippen LogP contribution in [-0.4, -0.2) is 33.3 Å². The summed E-state index contributed by atoms with van der Waals surface area (Å²) in [5.74, 6) is -0.631. The van der Waals surface area contributed by atoms with Crippen LogP contribution in [0.1, 0.15) is 42.3 Å². The first kappa shape index (κ1) is 18.5. The maximum atomic E-state index is 12.2. The minimum absolute atomic E-state index is 0.0108. The lowest BCUT2D eigenvalue weighted by molar-refractivity contribution is 0.0602. The first-order chi connectivity index (χ1) is 9.88. The van der Waals surface area contributed by atoms with Gasteiger partial charge in [0.25, 0.3) is 0 Å². The molecular formula is C13H21NO4S3. The summed E-state index contributed by atoms with van der Waals surface area (Å²) < 4.78 is 31.4. The fourth-order valence-electron chi connectivity index (χ4n) is 1.78. The van der Waals surface area contributed by atoms with Crippen LogP contribution < -0.4 is 4.72 Å². The molecule has 0 spiro atoms. The van der Waals surface area contributed by atoms with Crippen molar-refractivity contribution in [2.75, 3.05) is 13.7 Å². The molecule has 1 aromatic heterocycles. The van der Waals surface area contributed by atoms with Crippen molar-refractivity contribution in [3.8, 4) is 0 Å². The van der Waals surface area contributed by atoms with Gasteiger partial charge in [0.2, 0.25) is 10.0 Å². The maximum Gasteiger partial charge on any atom is 0.349 e. The summed E-state index contributed by atoms with van der Waals surface area (Å²) in [6.45, 7) is 2.40. The number of ether oxygens (including phenoxy) is 1. The van der Waals surface area contributed by atoms with E-state index in [1.165, 1.54) is 13.2 Å². The number of thiol groups is 1. The normalized spacial score (nSPS) is 13.1. The highest BCUT2D eigenvalue weighted by Crippen LogP contribution is 2.22. The summed E-state index contributed by atoms with van der Waals surface area (Å²) in [5.41, 5.74) is 0. The lowest BCUT2D eigenvalue weighted by Gasteiger charge is -2.07. The molecule has 8 heteroatoms. The predicted octanol–water partition coefficient (Wildman–Crippen LogP) is 2.69. The van der Waals surface area contributed by atoms with E-state index in [1.54, 1.807) is 5.38 Å². The molecular weight excluding hydrogens is 330 g/mol. The third-order valence-corrected chi connectivity index (χ3v) is 5.67. The molecule has 0 aliphatic rings. The Kier molecular flexibility index (Phi) is 7.72. The second-order valence-electron chi connectivity index (χ2n) is 4.70. The van der Waals surface area contributed by atoms with Gasteiger partial charge in [-0.1, -0.05) is 19.8 Å². The lowest BCUT2D eigenvalue weighted by Crippen LogP contribution is -2.25. The van der Waals surface area contributed by atoms with E-state index in [2.05, 4.69) is 22.1 Å². The molecule has 1 heterocycles. The first-order valence-electron chi connectivity index (χ1n) is 6.72. The topological polar surface area (TPSA) is 72.5 Å². The summed E-state index contributed by atoms with van der Waals surface area (Å²) in [6.07, 6.45) is 3.75. The molecule has 0 aromatic carbocycles. The minimum Gasteiger partial charge on any atom is -0.465 e. The zero-order valence-electron chi connectivity index (χ0n) is 12.2. The van der Waals surface area contributed by atoms with Crippen molar-refractivity contribution < 1.29 is 17.9 Å². The molecule has 0 aliphatic heterocycles. The quantitative estimate of drug-likeness (QED) is 0.408. The molecule has 1 unspecified atom stereocenters. The number of thiophene rings is 1. The molecule has 1 aromatic rings. The second kappa shape index (κ2) is 8.77. The van der Waals surface area contributed by atoms with Crippen LogP contribution in [0.5, 0.6) is 0 Å². The summed E-state index contributed by atoms with van der Waals surface area (Å²) in [4.78, 5) is 11.6. The number of hydrogen-bond donors (Lipinski definition) is 2. The molecule has 1 N–H and O–H groups in total. The Labute approximate surface area is 135 Å². The largest absolute Gasteiger partial charge is 0.465 e. The number of unbranched alkanes of at least 4 members (excludes halogenated alkanes) is 2. The Bertz CT molecular complexity index is 552. The van der Waals surface area contributed by atoms with Crippen LogP contribution in [0.4, 0.5) is 0 Å². The Morgan fingerprint density at radius 2 is 2.14 bits per heavy atom. The van der Waals surface area contributed by atoms with E-state index in [0.717, 1.165) is 37.0 Å². The van der Waals surface area contributed by atoms with Crippen LogP contribution in [0.3, 0.4) is 0 Å². The van der Waals surface area contributed by atoms with Crippen molar-refractivity contribution in [3.63, 3.8) is 0 Å². The van der Waals surface area contributed by atoms with E-state index in [-0.39, 0.29) is 9.77 Å². The van der Waals surface area contributed by atoms with E-state index >= 15 is 0 Å². The molecule has 0 amide bonds. The molecule has 5 nitrogen and oxygen atoms in total. The van der Waals surface area contributed by atoms with Crippen LogP contribution in [0, 0.1) is 0 Å². The first-order valence-corrected chi connectivity index (χ1v) is 9.60. The Balaban J connectivity index is 2.51. The summed E-state index contributed by atoms with van der Waals surface area (Å²) in [5, 5.41) is 1.93. The molecule has 0 fully saturated rings. The number of sulfonamides is 1. The summed E-state index contributed by atoms with van der Waals surface area (Å²) >= 11 is 5.35. The highest BCUT2D eigenvalue weighted by molar-refractivity contribution is 7.89. The predicted molar refractivity (Wildman–Crippen MR) is 87.8 cm³/mol. The summed E-state index contributed by atoms with van der Waals surface area (Å²) in [7, 11) is -2.43. The number of esters is 1. The van der Waals surface area contributed by atoms with Gasteiger partial charge in [-0.25, -0.2) is 17.9 Å². The van der Waals surface area contributed by atoms with Crippen molar-refractivity contribution in [2.24, 2.45) is 0 Å². The zero-order chi connectivity index (χ0) is 15.9. The Morgan fingerprint density at radius 1 is 1.43 bits per heavy atom. The van der Waals surface area contributed by atoms with Gasteiger partial charge < -0.3 is 4.74 Å². The molecule has 1 atom stereocenters. The van der Waals surface area contributed by atoms with E-state index in [0.29, 0.717) is 11.8 Å². The average Bonchev–Trinajstić information content (AvgIpc) is 2.91. The van der Waals surface area contributed by atoms with Gasteiger partial charge in [-0.15, -0.1) is 11.3 Å². The van der Waals surface area contributed by atoms with Gasteiger partial charge in [0.15, 0.2) is 0 Å². The number of nitrogens with one attached hydrogen (secondary N) is 1. The van der Waals surface area contributed by atoms with Gasteiger partial charge in [0.05, 0.1) is 7.11 Å². The molecule has 0 bridgehead atoms. The third-order valence-electron chi connectivity index (χ3n) is 2.88. The standard InChI is InChI=1S/C13H21NO4S3/c1-10(19)6-4-3-5-8-14-21(16,17)11-7-9-20-12(11)13(15)18-2/h7,9-10,14,19H,3-6,8H2,1-2H3. The van der Waals surface area contributed by atoms with Crippen molar-refractivity contribution in [1.82, 2.24) is 4.72 Å². The van der Waals surface area contributed by atoms with E-state index in [1.807, 2.05) is 6.92 Å². The highest BCUT2D eigenvalue weighted by Gasteiger charge is 2.24. The number of carbonyl (C=O) groups excluding carboxylic acids is 1. The van der Waals surface area contributed by atoms with Gasteiger partial charge in [0, 0.05) is 6.54 Å². The molecule has 0 saturated heterocycles. The maximum absolute atomic E-state index is 12.2. The second-order valence-corrected chi connectivity index (χ2v) is 8.23. The number of carbonyl (C=O) groups is 1. The van der Waals surface area contributed by atoms with Crippen LogP contribution in [-0.2, 0) is 14.8 Å². The van der Waals surface area contributed by atoms with Gasteiger partial charge in [0.1, 0.15) is 9.77 Å². The molecule has 0 saturated carbocycles. The highest BCUT2D eigenvalue weighted by atomic mass is 32.2. The number of rotatable bonds is 9. The van der Waals surface area contributed by atoms with Crippen molar-refractivity contribution >= 4 is 40.0 Å². The molecule has 21 heavy (non-hydrogen) atoms. The molecule has 0 radical (unpaired) electrons.